The summed E-state index contributed by atoms with van der Waals surface area (Å²) < 4.78 is 2.30. The van der Waals surface area contributed by atoms with Crippen molar-refractivity contribution in [2.24, 2.45) is 4.99 Å². The van der Waals surface area contributed by atoms with Crippen LogP contribution < -0.4 is 10.6 Å². The Hall–Kier alpha value is -0.890. The average Bonchev–Trinajstić information content (AvgIpc) is 2.95. The molecule has 2 N–H and O–H groups in total. The summed E-state index contributed by atoms with van der Waals surface area (Å²) in [6, 6.07) is 10.7. The summed E-state index contributed by atoms with van der Waals surface area (Å²) in [5.74, 6) is 2.02. The third-order valence-corrected chi connectivity index (χ3v) is 4.06. The number of aryl methyl sites for hydroxylation is 1. The van der Waals surface area contributed by atoms with Gasteiger partial charge in [0.1, 0.15) is 0 Å². The highest BCUT2D eigenvalue weighted by Crippen LogP contribution is 2.15. The van der Waals surface area contributed by atoms with Crippen molar-refractivity contribution >= 4 is 52.6 Å². The number of fused-ring (bicyclic) bond motifs is 1. The fourth-order valence-corrected chi connectivity index (χ4v) is 2.69. The summed E-state index contributed by atoms with van der Waals surface area (Å²) in [5.41, 5.74) is 1.30. The van der Waals surface area contributed by atoms with Crippen molar-refractivity contribution in [3.63, 3.8) is 0 Å². The maximum atomic E-state index is 4.64. The van der Waals surface area contributed by atoms with E-state index >= 15 is 0 Å². The number of para-hydroxylation sites is 1. The first-order chi connectivity index (χ1) is 10.8. The van der Waals surface area contributed by atoms with Gasteiger partial charge in [0.25, 0.3) is 0 Å². The number of thioether (sulfide) groups is 1. The van der Waals surface area contributed by atoms with Crippen molar-refractivity contribution in [2.45, 2.75) is 19.9 Å². The predicted molar refractivity (Wildman–Crippen MR) is 114 cm³/mol. The van der Waals surface area contributed by atoms with Crippen LogP contribution >= 0.6 is 35.7 Å². The molecule has 0 saturated heterocycles. The molecule has 1 aromatic heterocycles. The van der Waals surface area contributed by atoms with Gasteiger partial charge < -0.3 is 15.2 Å². The van der Waals surface area contributed by atoms with Crippen molar-refractivity contribution in [1.82, 2.24) is 15.2 Å². The third-order valence-electron chi connectivity index (χ3n) is 3.45. The number of halogens is 1. The summed E-state index contributed by atoms with van der Waals surface area (Å²) >= 11 is 1.84. The van der Waals surface area contributed by atoms with Crippen LogP contribution in [0.5, 0.6) is 0 Å². The fourth-order valence-electron chi connectivity index (χ4n) is 2.38. The first-order valence-electron chi connectivity index (χ1n) is 7.90. The maximum absolute atomic E-state index is 4.64. The second-order valence-electron chi connectivity index (χ2n) is 5.10. The van der Waals surface area contributed by atoms with E-state index in [-0.39, 0.29) is 24.0 Å². The van der Waals surface area contributed by atoms with E-state index in [1.807, 2.05) is 11.8 Å². The van der Waals surface area contributed by atoms with Crippen LogP contribution in [0.25, 0.3) is 10.9 Å². The Labute approximate surface area is 160 Å². The molecular weight excluding hydrogens is 419 g/mol. The lowest BCUT2D eigenvalue weighted by molar-refractivity contribution is 0.667. The first kappa shape index (κ1) is 20.2. The standard InChI is InChI=1S/C17H26N4S.HI/c1-3-18-17(20-11-14-22-2)19-10-6-12-21-13-9-15-7-4-5-8-16(15)21;/h4-5,7-9,13H,3,6,10-12,14H2,1-2H3,(H2,18,19,20);1H. The number of nitrogens with zero attached hydrogens (tertiary/aromatic N) is 2. The topological polar surface area (TPSA) is 41.4 Å². The molecule has 4 nitrogen and oxygen atoms in total. The molecule has 0 aliphatic heterocycles. The van der Waals surface area contributed by atoms with E-state index in [1.165, 1.54) is 10.9 Å². The second kappa shape index (κ2) is 11.6. The monoisotopic (exact) mass is 446 g/mol. The molecule has 2 aromatic rings. The molecule has 128 valence electrons. The van der Waals surface area contributed by atoms with Crippen LogP contribution in [0.3, 0.4) is 0 Å². The highest BCUT2D eigenvalue weighted by atomic mass is 127. The Balaban J connectivity index is 0.00000264. The molecule has 0 aliphatic carbocycles. The predicted octanol–water partition coefficient (Wildman–Crippen LogP) is 3.57. The molecule has 0 saturated carbocycles. The zero-order chi connectivity index (χ0) is 15.6. The molecular formula is C17H27IN4S. The number of hydrogen-bond donors (Lipinski definition) is 2. The normalized spacial score (nSPS) is 11.3. The Morgan fingerprint density at radius 1 is 1.22 bits per heavy atom. The van der Waals surface area contributed by atoms with E-state index < -0.39 is 0 Å². The van der Waals surface area contributed by atoms with Crippen LogP contribution in [0.1, 0.15) is 13.3 Å². The molecule has 0 unspecified atom stereocenters. The van der Waals surface area contributed by atoms with Crippen molar-refractivity contribution in [3.05, 3.63) is 36.5 Å². The number of nitrogens with one attached hydrogen (secondary N) is 2. The summed E-state index contributed by atoms with van der Waals surface area (Å²) in [6.07, 6.45) is 5.32. The molecule has 0 atom stereocenters. The highest BCUT2D eigenvalue weighted by Gasteiger charge is 2.00. The SMILES string of the molecule is CCNC(=NCCCn1ccc2ccccc21)NCCSC.I. The van der Waals surface area contributed by atoms with E-state index in [0.717, 1.165) is 44.3 Å². The number of guanidine groups is 1. The molecule has 1 aromatic carbocycles. The summed E-state index contributed by atoms with van der Waals surface area (Å²) in [5, 5.41) is 7.95. The van der Waals surface area contributed by atoms with E-state index in [9.17, 15) is 0 Å². The van der Waals surface area contributed by atoms with Gasteiger partial charge >= 0.3 is 0 Å². The quantitative estimate of drug-likeness (QED) is 0.282. The van der Waals surface area contributed by atoms with Gasteiger partial charge in [-0.3, -0.25) is 4.99 Å². The van der Waals surface area contributed by atoms with Gasteiger partial charge in [0.05, 0.1) is 0 Å². The fraction of sp³-hybridized carbons (Fsp3) is 0.471. The summed E-state index contributed by atoms with van der Waals surface area (Å²) in [4.78, 5) is 4.64. The highest BCUT2D eigenvalue weighted by molar-refractivity contribution is 14.0. The van der Waals surface area contributed by atoms with Gasteiger partial charge in [0.15, 0.2) is 5.96 Å². The van der Waals surface area contributed by atoms with Crippen molar-refractivity contribution < 1.29 is 0 Å². The van der Waals surface area contributed by atoms with Crippen LogP contribution in [0.4, 0.5) is 0 Å². The van der Waals surface area contributed by atoms with E-state index in [2.05, 4.69) is 69.9 Å². The Kier molecular flexibility index (Phi) is 10.2. The minimum atomic E-state index is 0. The third kappa shape index (κ3) is 6.63. The minimum absolute atomic E-state index is 0. The largest absolute Gasteiger partial charge is 0.357 e. The summed E-state index contributed by atoms with van der Waals surface area (Å²) in [6.45, 7) is 5.78. The molecule has 6 heteroatoms. The molecule has 0 bridgehead atoms. The van der Waals surface area contributed by atoms with E-state index in [1.54, 1.807) is 0 Å². The maximum Gasteiger partial charge on any atom is 0.191 e. The lowest BCUT2D eigenvalue weighted by Crippen LogP contribution is -2.38. The van der Waals surface area contributed by atoms with Gasteiger partial charge in [-0.05, 0) is 37.1 Å². The minimum Gasteiger partial charge on any atom is -0.357 e. The lowest BCUT2D eigenvalue weighted by atomic mass is 10.2. The van der Waals surface area contributed by atoms with Crippen LogP contribution in [0.2, 0.25) is 0 Å². The number of rotatable bonds is 8. The van der Waals surface area contributed by atoms with Gasteiger partial charge in [0.2, 0.25) is 0 Å². The second-order valence-corrected chi connectivity index (χ2v) is 6.09. The van der Waals surface area contributed by atoms with Gasteiger partial charge in [-0.15, -0.1) is 24.0 Å². The Morgan fingerprint density at radius 3 is 2.83 bits per heavy atom. The molecule has 0 radical (unpaired) electrons. The van der Waals surface area contributed by atoms with Gasteiger partial charge in [-0.2, -0.15) is 11.8 Å². The van der Waals surface area contributed by atoms with Gasteiger partial charge in [-0.1, -0.05) is 18.2 Å². The molecule has 0 aliphatic rings. The van der Waals surface area contributed by atoms with Crippen LogP contribution in [-0.2, 0) is 6.54 Å². The first-order valence-corrected chi connectivity index (χ1v) is 9.29. The number of aliphatic imine (C=N–C) groups is 1. The molecule has 23 heavy (non-hydrogen) atoms. The van der Waals surface area contributed by atoms with Gasteiger partial charge in [-0.25, -0.2) is 0 Å². The van der Waals surface area contributed by atoms with Crippen LogP contribution in [0.15, 0.2) is 41.5 Å². The molecule has 0 fully saturated rings. The van der Waals surface area contributed by atoms with E-state index in [0.29, 0.717) is 0 Å². The molecule has 2 rings (SSSR count). The van der Waals surface area contributed by atoms with Crippen LogP contribution in [0, 0.1) is 0 Å². The van der Waals surface area contributed by atoms with Crippen molar-refractivity contribution in [2.75, 3.05) is 31.6 Å². The average molecular weight is 446 g/mol. The number of aromatic nitrogens is 1. The van der Waals surface area contributed by atoms with E-state index in [4.69, 9.17) is 0 Å². The zero-order valence-electron chi connectivity index (χ0n) is 13.9. The summed E-state index contributed by atoms with van der Waals surface area (Å²) in [7, 11) is 0. The Bertz CT molecular complexity index is 597. The number of hydrogen-bond acceptors (Lipinski definition) is 2. The van der Waals surface area contributed by atoms with Crippen molar-refractivity contribution in [1.29, 1.82) is 0 Å². The molecule has 0 spiro atoms. The smallest absolute Gasteiger partial charge is 0.191 e. The Morgan fingerprint density at radius 2 is 2.04 bits per heavy atom. The lowest BCUT2D eigenvalue weighted by Gasteiger charge is -2.10. The zero-order valence-corrected chi connectivity index (χ0v) is 17.1. The van der Waals surface area contributed by atoms with Crippen molar-refractivity contribution in [3.8, 4) is 0 Å². The molecule has 0 amide bonds. The van der Waals surface area contributed by atoms with Gasteiger partial charge in [0, 0.05) is 43.6 Å². The van der Waals surface area contributed by atoms with Crippen LogP contribution in [-0.4, -0.2) is 42.2 Å². The number of benzene rings is 1. The molecule has 1 heterocycles.